The maximum Gasteiger partial charge on any atom is 0.307 e. The van der Waals surface area contributed by atoms with Crippen LogP contribution in [-0.2, 0) is 16.0 Å². The van der Waals surface area contributed by atoms with Crippen LogP contribution in [0.4, 0.5) is 11.5 Å². The van der Waals surface area contributed by atoms with E-state index in [2.05, 4.69) is 25.2 Å². The standard InChI is InChI=1S/C22H25N5O3/c28-18(12-24-17-5-1-3-15(9-17)11-20(29)30)10-16-4-2-8-27(13-16)22-19-6-7-23-21(19)25-14-26-22/h1,3,5-7,9,14,16,24H,2,4,8,10-13H2,(H,29,30)(H,23,25,26)/t16-/m0/s1. The van der Waals surface area contributed by atoms with Gasteiger partial charge in [-0.3, -0.25) is 9.59 Å². The molecule has 1 aromatic carbocycles. The van der Waals surface area contributed by atoms with Gasteiger partial charge in [-0.1, -0.05) is 12.1 Å². The van der Waals surface area contributed by atoms with Gasteiger partial charge in [0.1, 0.15) is 17.8 Å². The van der Waals surface area contributed by atoms with Gasteiger partial charge in [0.15, 0.2) is 5.78 Å². The summed E-state index contributed by atoms with van der Waals surface area (Å²) in [5.41, 5.74) is 2.31. The van der Waals surface area contributed by atoms with Crippen LogP contribution >= 0.6 is 0 Å². The van der Waals surface area contributed by atoms with Gasteiger partial charge in [0.05, 0.1) is 18.4 Å². The fraction of sp³-hybridized carbons (Fsp3) is 0.364. The second-order valence-electron chi connectivity index (χ2n) is 7.76. The lowest BCUT2D eigenvalue weighted by atomic mass is 9.92. The predicted octanol–water partition coefficient (Wildman–Crippen LogP) is 2.87. The third-order valence-corrected chi connectivity index (χ3v) is 5.44. The number of H-pyrrole nitrogens is 1. The minimum Gasteiger partial charge on any atom is -0.481 e. The number of aromatic nitrogens is 3. The van der Waals surface area contributed by atoms with Crippen molar-refractivity contribution in [2.45, 2.75) is 25.7 Å². The Kier molecular flexibility index (Phi) is 5.92. The summed E-state index contributed by atoms with van der Waals surface area (Å²) < 4.78 is 0. The van der Waals surface area contributed by atoms with Crippen molar-refractivity contribution in [1.29, 1.82) is 0 Å². The number of aromatic amines is 1. The number of carboxylic acids is 1. The van der Waals surface area contributed by atoms with Gasteiger partial charge in [-0.2, -0.15) is 0 Å². The average molecular weight is 407 g/mol. The number of carbonyl (C=O) groups is 2. The molecule has 0 saturated carbocycles. The van der Waals surface area contributed by atoms with Gasteiger partial charge in [-0.05, 0) is 42.5 Å². The number of carboxylic acid groups (broad SMARTS) is 1. The molecule has 156 valence electrons. The molecule has 1 atom stereocenters. The number of anilines is 2. The zero-order chi connectivity index (χ0) is 20.9. The monoisotopic (exact) mass is 407 g/mol. The fourth-order valence-corrected chi connectivity index (χ4v) is 4.10. The largest absolute Gasteiger partial charge is 0.481 e. The SMILES string of the molecule is O=C(O)Cc1cccc(NCC(=O)C[C@@H]2CCCN(c3ncnc4[nH]ccc34)C2)c1. The first-order valence-corrected chi connectivity index (χ1v) is 10.2. The summed E-state index contributed by atoms with van der Waals surface area (Å²) in [5.74, 6) is 0.493. The van der Waals surface area contributed by atoms with Crippen molar-refractivity contribution in [1.82, 2.24) is 15.0 Å². The number of nitrogens with zero attached hydrogens (tertiary/aromatic N) is 3. The minimum atomic E-state index is -0.870. The first-order valence-electron chi connectivity index (χ1n) is 10.2. The number of nitrogens with one attached hydrogen (secondary N) is 2. The molecule has 1 aliphatic heterocycles. The summed E-state index contributed by atoms with van der Waals surface area (Å²) in [7, 11) is 0. The lowest BCUT2D eigenvalue weighted by Crippen LogP contribution is -2.37. The highest BCUT2D eigenvalue weighted by Crippen LogP contribution is 2.28. The van der Waals surface area contributed by atoms with Crippen LogP contribution < -0.4 is 10.2 Å². The number of ketones is 1. The smallest absolute Gasteiger partial charge is 0.307 e. The molecule has 0 unspecified atom stereocenters. The third kappa shape index (κ3) is 4.76. The Labute approximate surface area is 174 Å². The Morgan fingerprint density at radius 3 is 3.03 bits per heavy atom. The van der Waals surface area contributed by atoms with Crippen LogP contribution in [0.3, 0.4) is 0 Å². The normalized spacial score (nSPS) is 16.5. The highest BCUT2D eigenvalue weighted by atomic mass is 16.4. The van der Waals surface area contributed by atoms with Gasteiger partial charge in [-0.15, -0.1) is 0 Å². The zero-order valence-corrected chi connectivity index (χ0v) is 16.7. The maximum atomic E-state index is 12.6. The number of hydrogen-bond donors (Lipinski definition) is 3. The van der Waals surface area contributed by atoms with Crippen molar-refractivity contribution in [3.05, 3.63) is 48.4 Å². The average Bonchev–Trinajstić information content (AvgIpc) is 3.21. The number of piperidine rings is 1. The topological polar surface area (TPSA) is 111 Å². The van der Waals surface area contributed by atoms with Crippen LogP contribution in [0.2, 0.25) is 0 Å². The summed E-state index contributed by atoms with van der Waals surface area (Å²) >= 11 is 0. The van der Waals surface area contributed by atoms with Crippen LogP contribution in [0.5, 0.6) is 0 Å². The van der Waals surface area contributed by atoms with Crippen molar-refractivity contribution in [3.63, 3.8) is 0 Å². The van der Waals surface area contributed by atoms with Crippen molar-refractivity contribution in [2.24, 2.45) is 5.92 Å². The highest BCUT2D eigenvalue weighted by molar-refractivity contribution is 5.87. The second kappa shape index (κ2) is 8.94. The number of fused-ring (bicyclic) bond motifs is 1. The molecular weight excluding hydrogens is 382 g/mol. The highest BCUT2D eigenvalue weighted by Gasteiger charge is 2.24. The van der Waals surface area contributed by atoms with Crippen LogP contribution in [0.15, 0.2) is 42.9 Å². The molecule has 0 amide bonds. The van der Waals surface area contributed by atoms with Crippen LogP contribution in [0.1, 0.15) is 24.8 Å². The van der Waals surface area contributed by atoms with Crippen LogP contribution in [-0.4, -0.2) is 51.4 Å². The molecule has 8 heteroatoms. The van der Waals surface area contributed by atoms with Gasteiger partial charge >= 0.3 is 5.97 Å². The van der Waals surface area contributed by atoms with Gasteiger partial charge in [0, 0.05) is 31.4 Å². The molecule has 2 aromatic heterocycles. The Hall–Kier alpha value is -3.42. The van der Waals surface area contributed by atoms with Gasteiger partial charge in [-0.25, -0.2) is 9.97 Å². The first-order chi connectivity index (χ1) is 14.6. The fourth-order valence-electron chi connectivity index (χ4n) is 4.10. The molecule has 1 saturated heterocycles. The molecule has 0 bridgehead atoms. The molecule has 4 rings (SSSR count). The lowest BCUT2D eigenvalue weighted by molar-refractivity contribution is -0.136. The van der Waals surface area contributed by atoms with Crippen molar-refractivity contribution in [2.75, 3.05) is 29.9 Å². The molecule has 3 aromatic rings. The van der Waals surface area contributed by atoms with E-state index in [0.29, 0.717) is 12.0 Å². The number of benzene rings is 1. The van der Waals surface area contributed by atoms with E-state index in [1.54, 1.807) is 24.5 Å². The molecule has 3 N–H and O–H groups in total. The Bertz CT molecular complexity index is 1050. The van der Waals surface area contributed by atoms with Crippen molar-refractivity contribution >= 4 is 34.3 Å². The van der Waals surface area contributed by atoms with Gasteiger partial charge < -0.3 is 20.3 Å². The molecule has 8 nitrogen and oxygen atoms in total. The molecular formula is C22H25N5O3. The molecule has 1 fully saturated rings. The van der Waals surface area contributed by atoms with E-state index in [4.69, 9.17) is 5.11 Å². The molecule has 3 heterocycles. The second-order valence-corrected chi connectivity index (χ2v) is 7.76. The van der Waals surface area contributed by atoms with Gasteiger partial charge in [0.2, 0.25) is 0 Å². The summed E-state index contributed by atoms with van der Waals surface area (Å²) in [6.45, 7) is 1.97. The van der Waals surface area contributed by atoms with Crippen LogP contribution in [0.25, 0.3) is 11.0 Å². The number of rotatable bonds is 8. The molecule has 0 aliphatic carbocycles. The molecule has 0 spiro atoms. The van der Waals surface area contributed by atoms with Crippen LogP contribution in [0, 0.1) is 5.92 Å². The van der Waals surface area contributed by atoms with E-state index < -0.39 is 5.97 Å². The van der Waals surface area contributed by atoms with E-state index in [9.17, 15) is 9.59 Å². The van der Waals surface area contributed by atoms with Gasteiger partial charge in [0.25, 0.3) is 0 Å². The molecule has 0 radical (unpaired) electrons. The Balaban J connectivity index is 1.32. The van der Waals surface area contributed by atoms with E-state index in [1.807, 2.05) is 18.3 Å². The van der Waals surface area contributed by atoms with E-state index in [0.717, 1.165) is 48.5 Å². The number of hydrogen-bond acceptors (Lipinski definition) is 6. The van der Waals surface area contributed by atoms with E-state index in [-0.39, 0.29) is 24.7 Å². The third-order valence-electron chi connectivity index (χ3n) is 5.44. The Morgan fingerprint density at radius 2 is 2.17 bits per heavy atom. The van der Waals surface area contributed by atoms with E-state index >= 15 is 0 Å². The Morgan fingerprint density at radius 1 is 1.27 bits per heavy atom. The van der Waals surface area contributed by atoms with Crippen molar-refractivity contribution < 1.29 is 14.7 Å². The quantitative estimate of drug-likeness (QED) is 0.526. The number of Topliss-reactive ketones (excluding diaryl/α,β-unsaturated/α-hetero) is 1. The summed E-state index contributed by atoms with van der Waals surface area (Å²) in [5, 5.41) is 13.1. The number of aliphatic carboxylic acids is 1. The number of carbonyl (C=O) groups excluding carboxylic acids is 1. The first kappa shape index (κ1) is 19.9. The lowest BCUT2D eigenvalue weighted by Gasteiger charge is -2.33. The predicted molar refractivity (Wildman–Crippen MR) is 115 cm³/mol. The summed E-state index contributed by atoms with van der Waals surface area (Å²) in [6, 6.07) is 9.18. The zero-order valence-electron chi connectivity index (χ0n) is 16.7. The molecule has 30 heavy (non-hydrogen) atoms. The summed E-state index contributed by atoms with van der Waals surface area (Å²) in [6.07, 6.45) is 5.98. The van der Waals surface area contributed by atoms with Crippen molar-refractivity contribution in [3.8, 4) is 0 Å². The maximum absolute atomic E-state index is 12.6. The summed E-state index contributed by atoms with van der Waals surface area (Å²) in [4.78, 5) is 37.5. The molecule has 1 aliphatic rings. The van der Waals surface area contributed by atoms with E-state index in [1.165, 1.54) is 0 Å². The minimum absolute atomic E-state index is 0.0289.